The standard InChI is InChI=1S/C14H20BrFN2O2/c1-9(17-14(20)18(3)8-10(2)19)6-11-4-5-12(15)7-13(11)16/h4-5,7,9-10,19H,6,8H2,1-3H3,(H,17,20)/t9-,10+/m1/s1. The van der Waals surface area contributed by atoms with Crippen molar-refractivity contribution in [1.29, 1.82) is 0 Å². The topological polar surface area (TPSA) is 52.6 Å². The average Bonchev–Trinajstić information content (AvgIpc) is 2.31. The summed E-state index contributed by atoms with van der Waals surface area (Å²) >= 11 is 3.20. The molecule has 4 nitrogen and oxygen atoms in total. The Morgan fingerprint density at radius 3 is 2.70 bits per heavy atom. The second-order valence-electron chi connectivity index (χ2n) is 5.02. The Morgan fingerprint density at radius 2 is 2.15 bits per heavy atom. The van der Waals surface area contributed by atoms with Gasteiger partial charge in [-0.2, -0.15) is 0 Å². The first-order chi connectivity index (χ1) is 9.29. The van der Waals surface area contributed by atoms with Gasteiger partial charge in [0.25, 0.3) is 0 Å². The van der Waals surface area contributed by atoms with Crippen LogP contribution in [0, 0.1) is 5.82 Å². The molecule has 0 fully saturated rings. The molecule has 0 heterocycles. The summed E-state index contributed by atoms with van der Waals surface area (Å²) in [7, 11) is 1.61. The van der Waals surface area contributed by atoms with E-state index in [1.807, 2.05) is 6.92 Å². The molecule has 20 heavy (non-hydrogen) atoms. The minimum absolute atomic E-state index is 0.199. The quantitative estimate of drug-likeness (QED) is 0.860. The van der Waals surface area contributed by atoms with E-state index < -0.39 is 6.10 Å². The fraction of sp³-hybridized carbons (Fsp3) is 0.500. The van der Waals surface area contributed by atoms with E-state index in [0.717, 1.165) is 0 Å². The second-order valence-corrected chi connectivity index (χ2v) is 5.94. The van der Waals surface area contributed by atoms with Crippen LogP contribution in [-0.2, 0) is 6.42 Å². The molecule has 6 heteroatoms. The molecule has 0 aliphatic rings. The molecule has 0 saturated heterocycles. The summed E-state index contributed by atoms with van der Waals surface area (Å²) < 4.78 is 14.4. The van der Waals surface area contributed by atoms with E-state index in [0.29, 0.717) is 16.5 Å². The second kappa shape index (κ2) is 7.59. The molecule has 0 radical (unpaired) electrons. The third kappa shape index (κ3) is 5.46. The largest absolute Gasteiger partial charge is 0.392 e. The van der Waals surface area contributed by atoms with Crippen molar-refractivity contribution in [3.63, 3.8) is 0 Å². The van der Waals surface area contributed by atoms with E-state index in [-0.39, 0.29) is 24.4 Å². The lowest BCUT2D eigenvalue weighted by Gasteiger charge is -2.22. The van der Waals surface area contributed by atoms with Gasteiger partial charge in [0, 0.05) is 24.1 Å². The maximum atomic E-state index is 13.7. The number of nitrogens with one attached hydrogen (secondary N) is 1. The van der Waals surface area contributed by atoms with E-state index in [1.165, 1.54) is 11.0 Å². The van der Waals surface area contributed by atoms with Crippen LogP contribution in [0.5, 0.6) is 0 Å². The number of likely N-dealkylation sites (N-methyl/N-ethyl adjacent to an activating group) is 1. The molecule has 112 valence electrons. The van der Waals surface area contributed by atoms with Crippen molar-refractivity contribution in [2.75, 3.05) is 13.6 Å². The van der Waals surface area contributed by atoms with Crippen LogP contribution in [0.4, 0.5) is 9.18 Å². The molecular formula is C14H20BrFN2O2. The summed E-state index contributed by atoms with van der Waals surface area (Å²) in [5.74, 6) is -0.294. The maximum Gasteiger partial charge on any atom is 0.317 e. The van der Waals surface area contributed by atoms with Crippen molar-refractivity contribution < 1.29 is 14.3 Å². The Labute approximate surface area is 127 Å². The molecule has 0 aliphatic carbocycles. The highest BCUT2D eigenvalue weighted by atomic mass is 79.9. The van der Waals surface area contributed by atoms with Crippen LogP contribution in [0.3, 0.4) is 0 Å². The van der Waals surface area contributed by atoms with Gasteiger partial charge in [0.15, 0.2) is 0 Å². The summed E-state index contributed by atoms with van der Waals surface area (Å²) in [4.78, 5) is 13.2. The summed E-state index contributed by atoms with van der Waals surface area (Å²) in [6.45, 7) is 3.69. The minimum atomic E-state index is -0.579. The lowest BCUT2D eigenvalue weighted by molar-refractivity contribution is 0.142. The number of nitrogens with zero attached hydrogens (tertiary/aromatic N) is 1. The molecule has 0 aliphatic heterocycles. The van der Waals surface area contributed by atoms with E-state index in [1.54, 1.807) is 26.1 Å². The third-order valence-electron chi connectivity index (χ3n) is 2.80. The Bertz CT molecular complexity index is 468. The van der Waals surface area contributed by atoms with Gasteiger partial charge >= 0.3 is 6.03 Å². The molecule has 0 bridgehead atoms. The number of carbonyl (C=O) groups excluding carboxylic acids is 1. The Morgan fingerprint density at radius 1 is 1.50 bits per heavy atom. The maximum absolute atomic E-state index is 13.7. The van der Waals surface area contributed by atoms with Crippen LogP contribution in [0.25, 0.3) is 0 Å². The number of aliphatic hydroxyl groups is 1. The smallest absolute Gasteiger partial charge is 0.317 e. The predicted octanol–water partition coefficient (Wildman–Crippen LogP) is 2.54. The fourth-order valence-electron chi connectivity index (χ4n) is 1.87. The zero-order chi connectivity index (χ0) is 15.3. The summed E-state index contributed by atoms with van der Waals surface area (Å²) in [5.41, 5.74) is 0.555. The van der Waals surface area contributed by atoms with Gasteiger partial charge in [-0.3, -0.25) is 0 Å². The zero-order valence-corrected chi connectivity index (χ0v) is 13.4. The van der Waals surface area contributed by atoms with Crippen molar-refractivity contribution in [3.05, 3.63) is 34.1 Å². The van der Waals surface area contributed by atoms with E-state index in [2.05, 4.69) is 21.2 Å². The van der Waals surface area contributed by atoms with Gasteiger partial charge in [0.1, 0.15) is 5.82 Å². The van der Waals surface area contributed by atoms with Crippen molar-refractivity contribution in [3.8, 4) is 0 Å². The number of benzene rings is 1. The highest BCUT2D eigenvalue weighted by Crippen LogP contribution is 2.16. The Balaban J connectivity index is 2.54. The molecule has 1 aromatic carbocycles. The van der Waals surface area contributed by atoms with Gasteiger partial charge in [-0.25, -0.2) is 9.18 Å². The number of urea groups is 1. The number of amides is 2. The number of halogens is 2. The van der Waals surface area contributed by atoms with Gasteiger partial charge in [0.05, 0.1) is 6.10 Å². The van der Waals surface area contributed by atoms with Crippen molar-refractivity contribution in [1.82, 2.24) is 10.2 Å². The summed E-state index contributed by atoms with van der Waals surface area (Å²) in [5, 5.41) is 12.0. The van der Waals surface area contributed by atoms with E-state index >= 15 is 0 Å². The highest BCUT2D eigenvalue weighted by Gasteiger charge is 2.15. The van der Waals surface area contributed by atoms with Crippen molar-refractivity contribution in [2.24, 2.45) is 0 Å². The Hall–Kier alpha value is -1.14. The van der Waals surface area contributed by atoms with Gasteiger partial charge < -0.3 is 15.3 Å². The van der Waals surface area contributed by atoms with Crippen LogP contribution in [0.2, 0.25) is 0 Å². The molecule has 2 amide bonds. The van der Waals surface area contributed by atoms with E-state index in [9.17, 15) is 14.3 Å². The molecular weight excluding hydrogens is 327 g/mol. The summed E-state index contributed by atoms with van der Waals surface area (Å²) in [6.07, 6.45) is -0.169. The van der Waals surface area contributed by atoms with E-state index in [4.69, 9.17) is 0 Å². The molecule has 0 spiro atoms. The molecule has 1 aromatic rings. The molecule has 0 saturated carbocycles. The zero-order valence-electron chi connectivity index (χ0n) is 11.9. The van der Waals surface area contributed by atoms with Gasteiger partial charge in [0.2, 0.25) is 0 Å². The van der Waals surface area contributed by atoms with Crippen LogP contribution in [-0.4, -0.2) is 41.8 Å². The first kappa shape index (κ1) is 16.9. The number of rotatable bonds is 5. The number of hydrogen-bond acceptors (Lipinski definition) is 2. The minimum Gasteiger partial charge on any atom is -0.392 e. The van der Waals surface area contributed by atoms with Gasteiger partial charge in [-0.1, -0.05) is 22.0 Å². The third-order valence-corrected chi connectivity index (χ3v) is 3.29. The van der Waals surface area contributed by atoms with Crippen LogP contribution in [0.15, 0.2) is 22.7 Å². The highest BCUT2D eigenvalue weighted by molar-refractivity contribution is 9.10. The summed E-state index contributed by atoms with van der Waals surface area (Å²) in [6, 6.07) is 4.39. The molecule has 1 rings (SSSR count). The van der Waals surface area contributed by atoms with Crippen LogP contribution < -0.4 is 5.32 Å². The van der Waals surface area contributed by atoms with Crippen LogP contribution in [0.1, 0.15) is 19.4 Å². The van der Waals surface area contributed by atoms with Gasteiger partial charge in [-0.15, -0.1) is 0 Å². The van der Waals surface area contributed by atoms with Crippen molar-refractivity contribution in [2.45, 2.75) is 32.4 Å². The fourth-order valence-corrected chi connectivity index (χ4v) is 2.20. The first-order valence-corrected chi connectivity index (χ1v) is 7.22. The number of hydrogen-bond donors (Lipinski definition) is 2. The average molecular weight is 347 g/mol. The normalized spacial score (nSPS) is 13.7. The molecule has 2 N–H and O–H groups in total. The Kier molecular flexibility index (Phi) is 6.42. The lowest BCUT2D eigenvalue weighted by atomic mass is 10.1. The molecule has 0 aromatic heterocycles. The predicted molar refractivity (Wildman–Crippen MR) is 80.1 cm³/mol. The number of carbonyl (C=O) groups is 1. The van der Waals surface area contributed by atoms with Crippen LogP contribution >= 0.6 is 15.9 Å². The SMILES string of the molecule is C[C@H](O)CN(C)C(=O)N[C@H](C)Cc1ccc(Br)cc1F. The number of aliphatic hydroxyl groups excluding tert-OH is 1. The lowest BCUT2D eigenvalue weighted by Crippen LogP contribution is -2.44. The molecule has 2 atom stereocenters. The van der Waals surface area contributed by atoms with Crippen molar-refractivity contribution >= 4 is 22.0 Å². The monoisotopic (exact) mass is 346 g/mol. The molecule has 0 unspecified atom stereocenters. The first-order valence-electron chi connectivity index (χ1n) is 6.43. The van der Waals surface area contributed by atoms with Gasteiger partial charge in [-0.05, 0) is 38.0 Å².